The lowest BCUT2D eigenvalue weighted by molar-refractivity contribution is 0.0965. The molecule has 0 spiro atoms. The van der Waals surface area contributed by atoms with Crippen molar-refractivity contribution in [3.05, 3.63) is 47.5 Å². The summed E-state index contributed by atoms with van der Waals surface area (Å²) in [6, 6.07) is 7.12. The summed E-state index contributed by atoms with van der Waals surface area (Å²) in [4.78, 5) is 34.2. The molecule has 0 unspecified atom stereocenters. The van der Waals surface area contributed by atoms with E-state index >= 15 is 0 Å². The third-order valence-electron chi connectivity index (χ3n) is 9.37. The quantitative estimate of drug-likeness (QED) is 0.328. The molecule has 15 heteroatoms. The molecule has 1 aromatic carbocycles. The molecule has 6 rings (SSSR count). The van der Waals surface area contributed by atoms with Crippen LogP contribution in [-0.2, 0) is 19.7 Å². The molecular weight excluding hydrogens is 629 g/mol. The summed E-state index contributed by atoms with van der Waals surface area (Å²) in [7, 11) is -2.56. The average molecular weight is 672 g/mol. The van der Waals surface area contributed by atoms with Crippen molar-refractivity contribution < 1.29 is 31.9 Å². The van der Waals surface area contributed by atoms with Crippen LogP contribution in [0.25, 0.3) is 16.7 Å². The number of amides is 2. The number of halogens is 1. The van der Waals surface area contributed by atoms with E-state index in [1.165, 1.54) is 17.0 Å². The Kier molecular flexibility index (Phi) is 9.94. The number of methoxy groups -OCH3 is 1. The number of fused-ring (bicyclic) bond motifs is 1. The van der Waals surface area contributed by atoms with Crippen LogP contribution in [0.1, 0.15) is 74.0 Å². The van der Waals surface area contributed by atoms with Gasteiger partial charge in [0.05, 0.1) is 29.1 Å². The zero-order chi connectivity index (χ0) is 33.1. The van der Waals surface area contributed by atoms with Gasteiger partial charge in [-0.25, -0.2) is 23.6 Å². The van der Waals surface area contributed by atoms with Crippen LogP contribution in [0.15, 0.2) is 30.3 Å². The van der Waals surface area contributed by atoms with Gasteiger partial charge in [0, 0.05) is 51.9 Å². The number of hydrogen-bond acceptors (Lipinski definition) is 9. The van der Waals surface area contributed by atoms with Crippen LogP contribution < -0.4 is 14.3 Å². The van der Waals surface area contributed by atoms with E-state index in [1.54, 1.807) is 36.9 Å². The molecule has 13 nitrogen and oxygen atoms in total. The van der Waals surface area contributed by atoms with Crippen LogP contribution in [0, 0.1) is 11.7 Å². The topological polar surface area (TPSA) is 148 Å². The Morgan fingerprint density at radius 2 is 1.72 bits per heavy atom. The lowest BCUT2D eigenvalue weighted by Crippen LogP contribution is -2.50. The van der Waals surface area contributed by atoms with Gasteiger partial charge in [0.15, 0.2) is 5.65 Å². The summed E-state index contributed by atoms with van der Waals surface area (Å²) < 4.78 is 57.0. The molecule has 4 heterocycles. The zero-order valence-corrected chi connectivity index (χ0v) is 27.6. The molecule has 2 N–H and O–H groups in total. The highest BCUT2D eigenvalue weighted by atomic mass is 32.2. The number of rotatable bonds is 10. The lowest BCUT2D eigenvalue weighted by Gasteiger charge is -2.34. The predicted octanol–water partition coefficient (Wildman–Crippen LogP) is 3.88. The second-order valence-corrected chi connectivity index (χ2v) is 14.0. The molecule has 3 fully saturated rings. The Hall–Kier alpha value is -3.82. The second-order valence-electron chi connectivity index (χ2n) is 12.5. The summed E-state index contributed by atoms with van der Waals surface area (Å²) >= 11 is 0. The molecule has 254 valence electrons. The molecule has 2 saturated heterocycles. The van der Waals surface area contributed by atoms with Gasteiger partial charge in [0.2, 0.25) is 0 Å². The van der Waals surface area contributed by atoms with Gasteiger partial charge in [0.25, 0.3) is 5.91 Å². The first-order valence-corrected chi connectivity index (χ1v) is 17.8. The number of hydrogen-bond donors (Lipinski definition) is 2. The van der Waals surface area contributed by atoms with Crippen LogP contribution in [0.3, 0.4) is 0 Å². The Morgan fingerprint density at radius 1 is 1.02 bits per heavy atom. The van der Waals surface area contributed by atoms with Crippen molar-refractivity contribution in [2.24, 2.45) is 5.92 Å². The standard InChI is InChI=1S/C32H42FN7O6S/c1-3-46-32(42)39-17-13-24(14-18-39)36-47(43,44)37-31(41)26-19-27(38-15-11-21(12-16-38)20-45-2)28-29(22-5-4-6-22)35-40(30(28)34-26)25-9-7-23(33)8-10-25/h7-10,19,21-22,24,36H,3-6,11-18,20H2,1-2H3,(H,37,41). The lowest BCUT2D eigenvalue weighted by atomic mass is 9.82. The third-order valence-corrected chi connectivity index (χ3v) is 10.5. The summed E-state index contributed by atoms with van der Waals surface area (Å²) in [6.07, 6.45) is 5.18. The molecule has 2 aromatic heterocycles. The molecule has 1 aliphatic carbocycles. The predicted molar refractivity (Wildman–Crippen MR) is 173 cm³/mol. The summed E-state index contributed by atoms with van der Waals surface area (Å²) in [6.45, 7) is 4.78. The smallest absolute Gasteiger partial charge is 0.409 e. The monoisotopic (exact) mass is 671 g/mol. The first-order valence-electron chi connectivity index (χ1n) is 16.3. The van der Waals surface area contributed by atoms with Gasteiger partial charge < -0.3 is 19.3 Å². The number of aromatic nitrogens is 3. The van der Waals surface area contributed by atoms with Gasteiger partial charge in [-0.2, -0.15) is 18.2 Å². The van der Waals surface area contributed by atoms with Crippen molar-refractivity contribution in [2.75, 3.05) is 51.4 Å². The largest absolute Gasteiger partial charge is 0.450 e. The third kappa shape index (κ3) is 7.36. The van der Waals surface area contributed by atoms with Crippen molar-refractivity contribution >= 4 is 38.9 Å². The molecule has 0 radical (unpaired) electrons. The number of carbonyl (C=O) groups is 2. The Labute approximate surface area is 274 Å². The van der Waals surface area contributed by atoms with Gasteiger partial charge in [-0.15, -0.1) is 0 Å². The molecule has 3 aromatic rings. The number of carbonyl (C=O) groups excluding carboxylic acids is 2. The maximum Gasteiger partial charge on any atom is 0.409 e. The number of anilines is 1. The van der Waals surface area contributed by atoms with Crippen LogP contribution in [0.4, 0.5) is 14.9 Å². The van der Waals surface area contributed by atoms with Gasteiger partial charge in [-0.3, -0.25) is 4.79 Å². The SMILES string of the molecule is CCOC(=O)N1CCC(NS(=O)(=O)NC(=O)c2cc(N3CCC(COC)CC3)c3c(C4CCC4)nn(-c4ccc(F)cc4)c3n2)CC1. The minimum absolute atomic E-state index is 0.0718. The van der Waals surface area contributed by atoms with Crippen LogP contribution >= 0.6 is 0 Å². The molecule has 0 atom stereocenters. The van der Waals surface area contributed by atoms with Gasteiger partial charge in [-0.05, 0) is 81.7 Å². The highest BCUT2D eigenvalue weighted by Gasteiger charge is 2.33. The summed E-state index contributed by atoms with van der Waals surface area (Å²) in [5.74, 6) is -0.618. The first kappa shape index (κ1) is 33.1. The average Bonchev–Trinajstić information content (AvgIpc) is 3.39. The number of nitrogens with one attached hydrogen (secondary N) is 2. The van der Waals surface area contributed by atoms with E-state index in [0.717, 1.165) is 62.0 Å². The minimum Gasteiger partial charge on any atom is -0.450 e. The summed E-state index contributed by atoms with van der Waals surface area (Å²) in [5.41, 5.74) is 2.59. The number of piperidine rings is 2. The van der Waals surface area contributed by atoms with Crippen molar-refractivity contribution in [1.82, 2.24) is 29.1 Å². The number of nitrogens with zero attached hydrogens (tertiary/aromatic N) is 5. The molecule has 1 saturated carbocycles. The normalized spacial score (nSPS) is 18.4. The Balaban J connectivity index is 1.31. The fourth-order valence-electron chi connectivity index (χ4n) is 6.61. The molecule has 2 amide bonds. The van der Waals surface area contributed by atoms with E-state index in [4.69, 9.17) is 19.6 Å². The van der Waals surface area contributed by atoms with E-state index in [1.807, 2.05) is 0 Å². The van der Waals surface area contributed by atoms with E-state index < -0.39 is 28.3 Å². The molecule has 2 aliphatic heterocycles. The zero-order valence-electron chi connectivity index (χ0n) is 26.8. The highest BCUT2D eigenvalue weighted by Crippen LogP contribution is 2.43. The number of ether oxygens (including phenoxy) is 2. The van der Waals surface area contributed by atoms with Gasteiger partial charge in [0.1, 0.15) is 11.5 Å². The molecule has 47 heavy (non-hydrogen) atoms. The van der Waals surface area contributed by atoms with Crippen molar-refractivity contribution in [2.45, 2.75) is 63.8 Å². The van der Waals surface area contributed by atoms with E-state index in [9.17, 15) is 22.4 Å². The Bertz CT molecular complexity index is 1700. The van der Waals surface area contributed by atoms with Crippen LogP contribution in [-0.4, -0.2) is 92.6 Å². The number of likely N-dealkylation sites (tertiary alicyclic amines) is 1. The highest BCUT2D eigenvalue weighted by molar-refractivity contribution is 7.88. The number of pyridine rings is 1. The first-order chi connectivity index (χ1) is 22.7. The minimum atomic E-state index is -4.27. The van der Waals surface area contributed by atoms with Crippen LogP contribution in [0.5, 0.6) is 0 Å². The maximum atomic E-state index is 13.9. The molecule has 0 bridgehead atoms. The fourth-order valence-corrected chi connectivity index (χ4v) is 7.69. The van der Waals surface area contributed by atoms with Crippen molar-refractivity contribution in [1.29, 1.82) is 0 Å². The maximum absolute atomic E-state index is 13.9. The van der Waals surface area contributed by atoms with E-state index in [2.05, 4.69) is 14.3 Å². The fraction of sp³-hybridized carbons (Fsp3) is 0.562. The number of benzene rings is 1. The molecule has 3 aliphatic rings. The second kappa shape index (κ2) is 14.1. The van der Waals surface area contributed by atoms with Gasteiger partial charge in [-0.1, -0.05) is 6.42 Å². The van der Waals surface area contributed by atoms with Crippen molar-refractivity contribution in [3.63, 3.8) is 0 Å². The molecular formula is C32H42FN7O6S. The van der Waals surface area contributed by atoms with E-state index in [0.29, 0.717) is 49.8 Å². The summed E-state index contributed by atoms with van der Waals surface area (Å²) in [5, 5.41) is 5.81. The van der Waals surface area contributed by atoms with E-state index in [-0.39, 0.29) is 24.0 Å². The van der Waals surface area contributed by atoms with Crippen molar-refractivity contribution in [3.8, 4) is 5.69 Å². The van der Waals surface area contributed by atoms with Gasteiger partial charge >= 0.3 is 16.3 Å². The Morgan fingerprint density at radius 3 is 2.34 bits per heavy atom. The van der Waals surface area contributed by atoms with Crippen LogP contribution in [0.2, 0.25) is 0 Å².